The Morgan fingerprint density at radius 3 is 2.29 bits per heavy atom. The minimum absolute atomic E-state index is 0.467. The number of hydrogen-bond donors (Lipinski definition) is 1. The van der Waals surface area contributed by atoms with Crippen LogP contribution in [0.25, 0.3) is 0 Å². The van der Waals surface area contributed by atoms with Crippen molar-refractivity contribution in [1.82, 2.24) is 10.2 Å². The fourth-order valence-electron chi connectivity index (χ4n) is 3.34. The molecule has 0 spiro atoms. The molecule has 1 aliphatic heterocycles. The number of rotatable bonds is 5. The quantitative estimate of drug-likeness (QED) is 0.879. The molecule has 0 aliphatic carbocycles. The summed E-state index contributed by atoms with van der Waals surface area (Å²) in [5, 5.41) is 3.45. The zero-order valence-corrected chi connectivity index (χ0v) is 14.3. The maximum Gasteiger partial charge on any atom is 0.0236 e. The van der Waals surface area contributed by atoms with Crippen LogP contribution in [0.4, 0.5) is 0 Å². The zero-order valence-electron chi connectivity index (χ0n) is 14.3. The Hall–Kier alpha value is -0.860. The second-order valence-electron chi connectivity index (χ2n) is 7.47. The van der Waals surface area contributed by atoms with Crippen LogP contribution in [0.1, 0.15) is 51.7 Å². The lowest BCUT2D eigenvalue weighted by molar-refractivity contribution is 0.108. The molecule has 118 valence electrons. The van der Waals surface area contributed by atoms with Crippen molar-refractivity contribution in [2.75, 3.05) is 19.6 Å². The number of likely N-dealkylation sites (tertiary alicyclic amines) is 1. The molecule has 1 aliphatic rings. The number of piperidine rings is 1. The van der Waals surface area contributed by atoms with Crippen molar-refractivity contribution < 1.29 is 0 Å². The predicted molar refractivity (Wildman–Crippen MR) is 91.3 cm³/mol. The lowest BCUT2D eigenvalue weighted by Crippen LogP contribution is -2.37. The molecule has 0 atom stereocenters. The van der Waals surface area contributed by atoms with Crippen LogP contribution >= 0.6 is 0 Å². The van der Waals surface area contributed by atoms with Gasteiger partial charge in [-0.3, -0.25) is 4.90 Å². The van der Waals surface area contributed by atoms with Crippen molar-refractivity contribution in [1.29, 1.82) is 0 Å². The molecule has 0 unspecified atom stereocenters. The van der Waals surface area contributed by atoms with E-state index in [0.29, 0.717) is 5.41 Å². The predicted octanol–water partition coefficient (Wildman–Crippen LogP) is 4.05. The summed E-state index contributed by atoms with van der Waals surface area (Å²) in [6.45, 7) is 15.0. The number of hydrogen-bond acceptors (Lipinski definition) is 2. The van der Waals surface area contributed by atoms with Crippen molar-refractivity contribution in [3.05, 3.63) is 35.4 Å². The summed E-state index contributed by atoms with van der Waals surface area (Å²) in [7, 11) is 0. The molecule has 0 bridgehead atoms. The fraction of sp³-hybridized carbons (Fsp3) is 0.684. The summed E-state index contributed by atoms with van der Waals surface area (Å²) in [5.41, 5.74) is 3.42. The van der Waals surface area contributed by atoms with Gasteiger partial charge in [0.1, 0.15) is 0 Å². The maximum atomic E-state index is 3.45. The van der Waals surface area contributed by atoms with E-state index in [1.54, 1.807) is 0 Å². The molecule has 1 heterocycles. The van der Waals surface area contributed by atoms with Gasteiger partial charge in [-0.05, 0) is 54.9 Å². The molecule has 0 radical (unpaired) electrons. The summed E-state index contributed by atoms with van der Waals surface area (Å²) >= 11 is 0. The van der Waals surface area contributed by atoms with Gasteiger partial charge in [0.2, 0.25) is 0 Å². The third-order valence-corrected chi connectivity index (χ3v) is 4.89. The molecule has 0 saturated carbocycles. The molecule has 0 amide bonds. The summed E-state index contributed by atoms with van der Waals surface area (Å²) in [6, 6.07) is 8.89. The molecule has 1 saturated heterocycles. The Morgan fingerprint density at radius 2 is 1.71 bits per heavy atom. The van der Waals surface area contributed by atoms with Gasteiger partial charge in [0.25, 0.3) is 0 Å². The summed E-state index contributed by atoms with van der Waals surface area (Å²) < 4.78 is 0. The van der Waals surface area contributed by atoms with E-state index < -0.39 is 0 Å². The van der Waals surface area contributed by atoms with Crippen LogP contribution in [0, 0.1) is 11.3 Å². The van der Waals surface area contributed by atoms with Gasteiger partial charge in [0, 0.05) is 13.1 Å². The molecule has 0 aromatic heterocycles. The molecule has 1 N–H and O–H groups in total. The zero-order chi connectivity index (χ0) is 15.3. The first kappa shape index (κ1) is 16.5. The lowest BCUT2D eigenvalue weighted by Gasteiger charge is -2.39. The van der Waals surface area contributed by atoms with Gasteiger partial charge in [-0.2, -0.15) is 0 Å². The van der Waals surface area contributed by atoms with Crippen molar-refractivity contribution in [3.63, 3.8) is 0 Å². The van der Waals surface area contributed by atoms with Crippen LogP contribution < -0.4 is 5.32 Å². The van der Waals surface area contributed by atoms with E-state index in [1.165, 1.54) is 37.1 Å². The van der Waals surface area contributed by atoms with Crippen LogP contribution in [0.3, 0.4) is 0 Å². The summed E-state index contributed by atoms with van der Waals surface area (Å²) in [5.74, 6) is 0.880. The Morgan fingerprint density at radius 1 is 1.10 bits per heavy atom. The molecule has 2 heteroatoms. The smallest absolute Gasteiger partial charge is 0.0236 e. The van der Waals surface area contributed by atoms with Crippen molar-refractivity contribution in [2.24, 2.45) is 11.3 Å². The molecular formula is C19H32N2. The van der Waals surface area contributed by atoms with Gasteiger partial charge >= 0.3 is 0 Å². The average Bonchev–Trinajstić information content (AvgIpc) is 2.46. The standard InChI is InChI=1S/C19H32N2/c1-5-20-14-16-8-6-7-9-17(16)15-21-12-10-18(11-13-21)19(2,3)4/h6-9,18,20H,5,10-15H2,1-4H3. The van der Waals surface area contributed by atoms with E-state index in [-0.39, 0.29) is 0 Å². The molecule has 2 rings (SSSR count). The van der Waals surface area contributed by atoms with E-state index in [4.69, 9.17) is 0 Å². The highest BCUT2D eigenvalue weighted by Gasteiger charge is 2.28. The number of benzene rings is 1. The lowest BCUT2D eigenvalue weighted by atomic mass is 9.75. The maximum absolute atomic E-state index is 3.45. The molecule has 1 aromatic carbocycles. The first-order valence-corrected chi connectivity index (χ1v) is 8.50. The van der Waals surface area contributed by atoms with Crippen molar-refractivity contribution in [2.45, 2.75) is 53.6 Å². The minimum atomic E-state index is 0.467. The van der Waals surface area contributed by atoms with Crippen LogP contribution in [0.15, 0.2) is 24.3 Å². The van der Waals surface area contributed by atoms with E-state index >= 15 is 0 Å². The van der Waals surface area contributed by atoms with Gasteiger partial charge in [0.05, 0.1) is 0 Å². The third kappa shape index (κ3) is 4.82. The first-order chi connectivity index (χ1) is 10.0. The highest BCUT2D eigenvalue weighted by Crippen LogP contribution is 2.34. The van der Waals surface area contributed by atoms with Crippen molar-refractivity contribution >= 4 is 0 Å². The fourth-order valence-corrected chi connectivity index (χ4v) is 3.34. The second-order valence-corrected chi connectivity index (χ2v) is 7.47. The average molecular weight is 288 g/mol. The summed E-state index contributed by atoms with van der Waals surface area (Å²) in [4.78, 5) is 2.63. The topological polar surface area (TPSA) is 15.3 Å². The van der Waals surface area contributed by atoms with E-state index in [2.05, 4.69) is 62.2 Å². The largest absolute Gasteiger partial charge is 0.313 e. The molecule has 21 heavy (non-hydrogen) atoms. The first-order valence-electron chi connectivity index (χ1n) is 8.50. The van der Waals surface area contributed by atoms with Crippen molar-refractivity contribution in [3.8, 4) is 0 Å². The van der Waals surface area contributed by atoms with Gasteiger partial charge in [-0.15, -0.1) is 0 Å². The number of nitrogens with one attached hydrogen (secondary N) is 1. The Labute approximate surface area is 130 Å². The van der Waals surface area contributed by atoms with Crippen LogP contribution in [0.5, 0.6) is 0 Å². The third-order valence-electron chi connectivity index (χ3n) is 4.89. The van der Waals surface area contributed by atoms with E-state index in [0.717, 1.165) is 25.6 Å². The van der Waals surface area contributed by atoms with Crippen LogP contribution in [0.2, 0.25) is 0 Å². The van der Waals surface area contributed by atoms with Gasteiger partial charge in [0.15, 0.2) is 0 Å². The highest BCUT2D eigenvalue weighted by molar-refractivity contribution is 5.27. The second kappa shape index (κ2) is 7.42. The van der Waals surface area contributed by atoms with Gasteiger partial charge in [-0.1, -0.05) is 52.0 Å². The minimum Gasteiger partial charge on any atom is -0.313 e. The monoisotopic (exact) mass is 288 g/mol. The summed E-state index contributed by atoms with van der Waals surface area (Å²) in [6.07, 6.45) is 2.69. The van der Waals surface area contributed by atoms with Gasteiger partial charge in [-0.25, -0.2) is 0 Å². The Balaban J connectivity index is 1.91. The van der Waals surface area contributed by atoms with Crippen LogP contribution in [-0.2, 0) is 13.1 Å². The normalized spacial score (nSPS) is 18.1. The van der Waals surface area contributed by atoms with E-state index in [1.807, 2.05) is 0 Å². The van der Waals surface area contributed by atoms with Gasteiger partial charge < -0.3 is 5.32 Å². The molecular weight excluding hydrogens is 256 g/mol. The molecule has 1 fully saturated rings. The Bertz CT molecular complexity index is 425. The van der Waals surface area contributed by atoms with E-state index in [9.17, 15) is 0 Å². The van der Waals surface area contributed by atoms with Crippen LogP contribution in [-0.4, -0.2) is 24.5 Å². The Kier molecular flexibility index (Phi) is 5.83. The SMILES string of the molecule is CCNCc1ccccc1CN1CCC(C(C)(C)C)CC1. The number of nitrogens with zero attached hydrogens (tertiary/aromatic N) is 1. The molecule has 2 nitrogen and oxygen atoms in total. The molecule has 1 aromatic rings. The highest BCUT2D eigenvalue weighted by atomic mass is 15.1.